The van der Waals surface area contributed by atoms with Crippen LogP contribution in [0.3, 0.4) is 0 Å². The summed E-state index contributed by atoms with van der Waals surface area (Å²) >= 11 is 0. The van der Waals surface area contributed by atoms with Gasteiger partial charge in [-0.05, 0) is 25.7 Å². The number of hydrogen-bond acceptors (Lipinski definition) is 5. The summed E-state index contributed by atoms with van der Waals surface area (Å²) in [6, 6.07) is -0.562. The highest BCUT2D eigenvalue weighted by molar-refractivity contribution is 6.09. The second-order valence-corrected chi connectivity index (χ2v) is 5.80. The summed E-state index contributed by atoms with van der Waals surface area (Å²) in [5.41, 5.74) is -0.879. The van der Waals surface area contributed by atoms with Gasteiger partial charge in [-0.25, -0.2) is 4.79 Å². The van der Waals surface area contributed by atoms with Gasteiger partial charge in [0, 0.05) is 0 Å². The number of esters is 1. The Bertz CT molecular complexity index is 490. The first kappa shape index (κ1) is 15.5. The van der Waals surface area contributed by atoms with E-state index >= 15 is 0 Å². The Kier molecular flexibility index (Phi) is 4.29. The molecule has 3 amide bonds. The lowest BCUT2D eigenvalue weighted by Gasteiger charge is -2.36. The highest BCUT2D eigenvalue weighted by Gasteiger charge is 2.55. The van der Waals surface area contributed by atoms with Crippen molar-refractivity contribution in [1.29, 1.82) is 0 Å². The Morgan fingerprint density at radius 2 is 2.10 bits per heavy atom. The van der Waals surface area contributed by atoms with Gasteiger partial charge in [0.05, 0.1) is 0 Å². The van der Waals surface area contributed by atoms with Crippen molar-refractivity contribution in [2.75, 3.05) is 13.2 Å². The second kappa shape index (κ2) is 5.83. The van der Waals surface area contributed by atoms with Gasteiger partial charge in [-0.15, -0.1) is 0 Å². The van der Waals surface area contributed by atoms with Crippen molar-refractivity contribution in [2.45, 2.75) is 45.1 Å². The molecule has 0 unspecified atom stereocenters. The van der Waals surface area contributed by atoms with Crippen LogP contribution < -0.4 is 5.32 Å². The first-order chi connectivity index (χ1) is 9.86. The summed E-state index contributed by atoms with van der Waals surface area (Å²) < 4.78 is 4.70. The van der Waals surface area contributed by atoms with Crippen LogP contribution in [-0.4, -0.2) is 47.3 Å². The smallest absolute Gasteiger partial charge is 0.326 e. The molecule has 2 rings (SSSR count). The largest absolute Gasteiger partial charge is 0.456 e. The number of hydrogen-bond donors (Lipinski definition) is 1. The molecular formula is C14H20N2O5. The van der Waals surface area contributed by atoms with Crippen molar-refractivity contribution < 1.29 is 23.9 Å². The number of carbonyl (C=O) groups is 4. The first-order valence-electron chi connectivity index (χ1n) is 7.16. The third-order valence-electron chi connectivity index (χ3n) is 4.23. The molecule has 1 spiro atoms. The fourth-order valence-electron chi connectivity index (χ4n) is 3.00. The van der Waals surface area contributed by atoms with E-state index in [0.717, 1.165) is 24.2 Å². The first-order valence-corrected chi connectivity index (χ1v) is 7.16. The molecule has 116 valence electrons. The summed E-state index contributed by atoms with van der Waals surface area (Å²) in [7, 11) is 0. The zero-order valence-corrected chi connectivity index (χ0v) is 12.3. The van der Waals surface area contributed by atoms with E-state index in [2.05, 4.69) is 5.32 Å². The Morgan fingerprint density at radius 3 is 2.71 bits per heavy atom. The lowest BCUT2D eigenvalue weighted by molar-refractivity contribution is -0.150. The van der Waals surface area contributed by atoms with E-state index in [4.69, 9.17) is 4.74 Å². The molecule has 2 aliphatic rings. The highest BCUT2D eigenvalue weighted by Crippen LogP contribution is 2.38. The third kappa shape index (κ3) is 2.91. The number of imide groups is 1. The molecule has 0 aromatic rings. The molecule has 1 saturated heterocycles. The summed E-state index contributed by atoms with van der Waals surface area (Å²) in [6.07, 6.45) is 3.37. The van der Waals surface area contributed by atoms with Gasteiger partial charge in [0.15, 0.2) is 5.78 Å². The minimum atomic E-state index is -0.879. The summed E-state index contributed by atoms with van der Waals surface area (Å²) in [5.74, 6) is -1.37. The molecule has 1 heterocycles. The number of nitrogens with one attached hydrogen (secondary N) is 1. The van der Waals surface area contributed by atoms with Crippen LogP contribution >= 0.6 is 0 Å². The number of rotatable bonds is 4. The average molecular weight is 296 g/mol. The quantitative estimate of drug-likeness (QED) is 0.606. The number of ketones is 1. The van der Waals surface area contributed by atoms with Crippen LogP contribution in [-0.2, 0) is 19.1 Å². The molecule has 1 N–H and O–H groups in total. The van der Waals surface area contributed by atoms with Gasteiger partial charge in [0.1, 0.15) is 18.7 Å². The van der Waals surface area contributed by atoms with Gasteiger partial charge in [0.2, 0.25) is 0 Å². The van der Waals surface area contributed by atoms with E-state index in [1.807, 2.05) is 6.92 Å². The van der Waals surface area contributed by atoms with Crippen LogP contribution in [0.5, 0.6) is 0 Å². The fourth-order valence-corrected chi connectivity index (χ4v) is 3.00. The molecule has 2 fully saturated rings. The number of nitrogens with zero attached hydrogens (tertiary/aromatic N) is 1. The number of carbonyl (C=O) groups excluding carboxylic acids is 4. The molecule has 0 aromatic heterocycles. The van der Waals surface area contributed by atoms with E-state index in [1.54, 1.807) is 0 Å². The van der Waals surface area contributed by atoms with Crippen molar-refractivity contribution in [2.24, 2.45) is 5.92 Å². The van der Waals surface area contributed by atoms with E-state index in [-0.39, 0.29) is 24.2 Å². The minimum Gasteiger partial charge on any atom is -0.456 e. The second-order valence-electron chi connectivity index (χ2n) is 5.80. The maximum absolute atomic E-state index is 12.5. The normalized spacial score (nSPS) is 28.7. The summed E-state index contributed by atoms with van der Waals surface area (Å²) in [6.45, 7) is 2.44. The predicted molar refractivity (Wildman–Crippen MR) is 72.2 cm³/mol. The van der Waals surface area contributed by atoms with Crippen molar-refractivity contribution in [3.05, 3.63) is 0 Å². The maximum Gasteiger partial charge on any atom is 0.326 e. The van der Waals surface area contributed by atoms with E-state index in [9.17, 15) is 19.2 Å². The van der Waals surface area contributed by atoms with Crippen molar-refractivity contribution in [1.82, 2.24) is 10.2 Å². The lowest BCUT2D eigenvalue weighted by atomic mass is 9.73. The number of ether oxygens (including phenoxy) is 1. The van der Waals surface area contributed by atoms with Gasteiger partial charge in [-0.1, -0.05) is 19.8 Å². The average Bonchev–Trinajstić information content (AvgIpc) is 2.65. The number of Topliss-reactive ketones (excluding diaryl/α,β-unsaturated/α-hetero) is 1. The predicted octanol–water partition coefficient (Wildman–Crippen LogP) is 0.619. The molecule has 1 aliphatic heterocycles. The number of amides is 3. The zero-order valence-electron chi connectivity index (χ0n) is 12.3. The topological polar surface area (TPSA) is 92.8 Å². The Balaban J connectivity index is 2.05. The Labute approximate surface area is 123 Å². The molecule has 7 heteroatoms. The number of urea groups is 1. The molecule has 0 aromatic carbocycles. The third-order valence-corrected chi connectivity index (χ3v) is 4.23. The molecule has 0 bridgehead atoms. The molecule has 2 atom stereocenters. The molecule has 0 radical (unpaired) electrons. The molecule has 21 heavy (non-hydrogen) atoms. The Morgan fingerprint density at radius 1 is 1.38 bits per heavy atom. The van der Waals surface area contributed by atoms with Crippen LogP contribution in [0.4, 0.5) is 4.79 Å². The van der Waals surface area contributed by atoms with Gasteiger partial charge in [0.25, 0.3) is 5.91 Å². The van der Waals surface area contributed by atoms with Crippen molar-refractivity contribution in [3.63, 3.8) is 0 Å². The molecule has 1 saturated carbocycles. The van der Waals surface area contributed by atoms with Gasteiger partial charge in [-0.2, -0.15) is 0 Å². The molecule has 7 nitrogen and oxygen atoms in total. The van der Waals surface area contributed by atoms with E-state index in [1.165, 1.54) is 6.92 Å². The van der Waals surface area contributed by atoms with E-state index < -0.39 is 24.1 Å². The molecule has 1 aliphatic carbocycles. The van der Waals surface area contributed by atoms with Crippen molar-refractivity contribution >= 4 is 23.7 Å². The molecular weight excluding hydrogens is 276 g/mol. The van der Waals surface area contributed by atoms with Crippen LogP contribution in [0, 0.1) is 5.92 Å². The van der Waals surface area contributed by atoms with Gasteiger partial charge in [-0.3, -0.25) is 19.3 Å². The van der Waals surface area contributed by atoms with E-state index in [0.29, 0.717) is 6.42 Å². The minimum absolute atomic E-state index is 0.0425. The standard InChI is InChI=1S/C14H20N2O5/c1-9-5-3-4-6-14(9)12(19)16(13(20)15-14)7-11(18)21-8-10(2)17/h9H,3-8H2,1-2H3,(H,15,20)/t9-,14-/m0/s1. The van der Waals surface area contributed by atoms with Crippen LogP contribution in [0.2, 0.25) is 0 Å². The summed E-state index contributed by atoms with van der Waals surface area (Å²) in [5, 5.41) is 2.75. The SMILES string of the molecule is CC(=O)COC(=O)CN1C(=O)N[C@]2(CCCC[C@@H]2C)C1=O. The van der Waals surface area contributed by atoms with Crippen LogP contribution in [0.1, 0.15) is 39.5 Å². The van der Waals surface area contributed by atoms with Crippen LogP contribution in [0.25, 0.3) is 0 Å². The monoisotopic (exact) mass is 296 g/mol. The van der Waals surface area contributed by atoms with Crippen molar-refractivity contribution in [3.8, 4) is 0 Å². The lowest BCUT2D eigenvalue weighted by Crippen LogP contribution is -2.54. The summed E-state index contributed by atoms with van der Waals surface area (Å²) in [4.78, 5) is 47.8. The maximum atomic E-state index is 12.5. The zero-order chi connectivity index (χ0) is 15.6. The highest BCUT2D eigenvalue weighted by atomic mass is 16.5. The van der Waals surface area contributed by atoms with Crippen LogP contribution in [0.15, 0.2) is 0 Å². The Hall–Kier alpha value is -1.92. The van der Waals surface area contributed by atoms with Gasteiger partial charge >= 0.3 is 12.0 Å². The fraction of sp³-hybridized carbons (Fsp3) is 0.714. The van der Waals surface area contributed by atoms with Gasteiger partial charge < -0.3 is 10.1 Å².